The van der Waals surface area contributed by atoms with E-state index in [1.807, 2.05) is 6.92 Å². The van der Waals surface area contributed by atoms with Crippen LogP contribution in [0.15, 0.2) is 45.1 Å². The summed E-state index contributed by atoms with van der Waals surface area (Å²) in [5, 5.41) is 12.0. The molecule has 204 valence electrons. The molecule has 0 amide bonds. The number of fused-ring (bicyclic) bond motifs is 2. The summed E-state index contributed by atoms with van der Waals surface area (Å²) in [7, 11) is 0. The van der Waals surface area contributed by atoms with Gasteiger partial charge >= 0.3 is 17.9 Å². The second-order valence-corrected chi connectivity index (χ2v) is 11.8. The Morgan fingerprint density at radius 2 is 1.69 bits per heavy atom. The summed E-state index contributed by atoms with van der Waals surface area (Å²) in [6.45, 7) is 4.11. The number of aldehydes is 1. The van der Waals surface area contributed by atoms with E-state index in [0.717, 1.165) is 11.1 Å². The van der Waals surface area contributed by atoms with Crippen molar-refractivity contribution >= 4 is 24.2 Å². The molecule has 9 atom stereocenters. The summed E-state index contributed by atoms with van der Waals surface area (Å²) in [6, 6.07) is 0. The van der Waals surface area contributed by atoms with Gasteiger partial charge in [0.05, 0.1) is 48.8 Å². The van der Waals surface area contributed by atoms with Crippen LogP contribution in [-0.2, 0) is 42.9 Å². The van der Waals surface area contributed by atoms with Gasteiger partial charge in [-0.15, -0.1) is 0 Å². The number of rotatable bonds is 1. The third kappa shape index (κ3) is 2.50. The quantitative estimate of drug-likeness (QED) is 0.294. The van der Waals surface area contributed by atoms with Crippen molar-refractivity contribution in [3.8, 4) is 0 Å². The van der Waals surface area contributed by atoms with E-state index in [1.165, 1.54) is 0 Å². The monoisotopic (exact) mass is 536 g/mol. The first-order chi connectivity index (χ1) is 18.8. The average molecular weight is 537 g/mol. The molecule has 10 heteroatoms. The predicted molar refractivity (Wildman–Crippen MR) is 128 cm³/mol. The predicted octanol–water partition coefficient (Wildman–Crippen LogP) is 1.02. The van der Waals surface area contributed by atoms with Gasteiger partial charge in [0.1, 0.15) is 24.4 Å². The van der Waals surface area contributed by atoms with E-state index in [-0.39, 0.29) is 49.8 Å². The molecule has 0 aromatic heterocycles. The number of carbonyl (C=O) groups is 4. The lowest BCUT2D eigenvalue weighted by molar-refractivity contribution is -0.211. The fourth-order valence-electron chi connectivity index (χ4n) is 9.32. The zero-order valence-electron chi connectivity index (χ0n) is 21.6. The number of ether oxygens (including phenoxy) is 5. The highest BCUT2D eigenvalue weighted by atomic mass is 16.6. The van der Waals surface area contributed by atoms with E-state index in [1.54, 1.807) is 6.92 Å². The van der Waals surface area contributed by atoms with Crippen LogP contribution in [0.2, 0.25) is 0 Å². The SMILES string of the molecule is C[C@@H]1O[C@H]2C[C@@H]3[C@@H]4C5=C(C(=O)OCC5=C[C@@]13C1=C2C(=O)OCC1)[C@@H](O)[C@]12C(=O)OCCC1=C(C=O)[C@@H](C)O[C@H]42. The van der Waals surface area contributed by atoms with Crippen LogP contribution in [-0.4, -0.2) is 79.6 Å². The van der Waals surface area contributed by atoms with Gasteiger partial charge < -0.3 is 28.8 Å². The number of cyclic esters (lactones) is 3. The molecular formula is C29H28O10. The summed E-state index contributed by atoms with van der Waals surface area (Å²) in [6.07, 6.45) is 0.120. The van der Waals surface area contributed by atoms with Gasteiger partial charge in [0, 0.05) is 29.7 Å². The molecule has 0 aromatic carbocycles. The standard InChI is InChI=1S/C29H28O10/c1-11-14(9-30)15-3-6-36-27(34)29(15)23(31)22-19-13(10-37-26(22)33)8-28-12(2)39-18(7-17(28)21(19)24(29)38-11)20-16(28)4-5-35-25(20)32/h8-9,11-12,17-18,21,23-24,31H,3-7,10H2,1-2H3/t11-,12+,17-,18+,21-,23-,24-,28+,29-/m1/s1. The average Bonchev–Trinajstić information content (AvgIpc) is 2.91. The van der Waals surface area contributed by atoms with Gasteiger partial charge in [-0.3, -0.25) is 9.59 Å². The van der Waals surface area contributed by atoms with E-state index >= 15 is 0 Å². The van der Waals surface area contributed by atoms with Crippen molar-refractivity contribution in [3.63, 3.8) is 0 Å². The van der Waals surface area contributed by atoms with Crippen LogP contribution in [0, 0.1) is 22.7 Å². The van der Waals surface area contributed by atoms with E-state index in [4.69, 9.17) is 23.7 Å². The van der Waals surface area contributed by atoms with E-state index in [9.17, 15) is 24.3 Å². The summed E-state index contributed by atoms with van der Waals surface area (Å²) in [4.78, 5) is 52.4. The molecule has 0 unspecified atom stereocenters. The highest BCUT2D eigenvalue weighted by molar-refractivity contribution is 5.99. The second-order valence-electron chi connectivity index (χ2n) is 11.8. The summed E-state index contributed by atoms with van der Waals surface area (Å²) < 4.78 is 29.6. The fourth-order valence-corrected chi connectivity index (χ4v) is 9.32. The van der Waals surface area contributed by atoms with Crippen molar-refractivity contribution in [1.29, 1.82) is 0 Å². The Kier molecular flexibility index (Phi) is 4.61. The highest BCUT2D eigenvalue weighted by Crippen LogP contribution is 2.69. The molecule has 2 spiro atoms. The summed E-state index contributed by atoms with van der Waals surface area (Å²) in [5.41, 5.74) is 1.28. The smallest absolute Gasteiger partial charge is 0.337 e. The molecule has 9 aliphatic rings. The summed E-state index contributed by atoms with van der Waals surface area (Å²) in [5.74, 6) is -2.46. The van der Waals surface area contributed by atoms with Crippen molar-refractivity contribution in [2.45, 2.75) is 63.6 Å². The van der Waals surface area contributed by atoms with Gasteiger partial charge in [-0.1, -0.05) is 6.08 Å². The maximum atomic E-state index is 13.9. The van der Waals surface area contributed by atoms with Gasteiger partial charge in [0.25, 0.3) is 0 Å². The van der Waals surface area contributed by atoms with Gasteiger partial charge in [-0.05, 0) is 48.5 Å². The molecule has 2 saturated heterocycles. The lowest BCUT2D eigenvalue weighted by Crippen LogP contribution is -2.70. The van der Waals surface area contributed by atoms with E-state index in [2.05, 4.69) is 6.08 Å². The third-order valence-electron chi connectivity index (χ3n) is 10.7. The molecular weight excluding hydrogens is 508 g/mol. The maximum Gasteiger partial charge on any atom is 0.337 e. The first kappa shape index (κ1) is 23.8. The zero-order valence-corrected chi connectivity index (χ0v) is 21.6. The van der Waals surface area contributed by atoms with E-state index < -0.39 is 53.1 Å². The molecule has 0 saturated carbocycles. The molecule has 9 rings (SSSR count). The van der Waals surface area contributed by atoms with Crippen LogP contribution >= 0.6 is 0 Å². The molecule has 0 aromatic rings. The van der Waals surface area contributed by atoms with Crippen LogP contribution in [0.5, 0.6) is 0 Å². The van der Waals surface area contributed by atoms with Crippen molar-refractivity contribution in [2.75, 3.05) is 19.8 Å². The van der Waals surface area contributed by atoms with Gasteiger partial charge in [-0.2, -0.15) is 0 Å². The molecule has 1 N–H and O–H groups in total. The Balaban J connectivity index is 1.45. The Hall–Kier alpha value is -3.08. The van der Waals surface area contributed by atoms with Crippen LogP contribution in [0.4, 0.5) is 0 Å². The molecule has 6 heterocycles. The minimum absolute atomic E-state index is 0.000565. The third-order valence-corrected chi connectivity index (χ3v) is 10.7. The number of hydrogen-bond acceptors (Lipinski definition) is 10. The van der Waals surface area contributed by atoms with Crippen LogP contribution in [0.3, 0.4) is 0 Å². The minimum Gasteiger partial charge on any atom is -0.465 e. The topological polar surface area (TPSA) is 135 Å². The Bertz CT molecular complexity index is 1410. The van der Waals surface area contributed by atoms with Crippen molar-refractivity contribution < 1.29 is 48.0 Å². The van der Waals surface area contributed by atoms with Crippen molar-refractivity contribution in [2.24, 2.45) is 22.7 Å². The second kappa shape index (κ2) is 7.56. The van der Waals surface area contributed by atoms with Gasteiger partial charge in [0.2, 0.25) is 0 Å². The maximum absolute atomic E-state index is 13.9. The lowest BCUT2D eigenvalue weighted by Gasteiger charge is -2.65. The Morgan fingerprint density at radius 1 is 0.949 bits per heavy atom. The zero-order chi connectivity index (χ0) is 27.0. The van der Waals surface area contributed by atoms with Gasteiger partial charge in [0.15, 0.2) is 0 Å². The Morgan fingerprint density at radius 3 is 2.49 bits per heavy atom. The van der Waals surface area contributed by atoms with Crippen molar-refractivity contribution in [3.05, 3.63) is 45.1 Å². The number of aliphatic hydroxyl groups is 1. The molecule has 6 aliphatic heterocycles. The molecule has 0 radical (unpaired) electrons. The fraction of sp³-hybridized carbons (Fsp3) is 0.586. The van der Waals surface area contributed by atoms with Crippen LogP contribution < -0.4 is 0 Å². The molecule has 39 heavy (non-hydrogen) atoms. The molecule has 3 aliphatic carbocycles. The molecule has 2 fully saturated rings. The molecule has 10 nitrogen and oxygen atoms in total. The summed E-state index contributed by atoms with van der Waals surface area (Å²) >= 11 is 0. The number of carbonyl (C=O) groups excluding carboxylic acids is 4. The van der Waals surface area contributed by atoms with Crippen LogP contribution in [0.1, 0.15) is 33.1 Å². The minimum atomic E-state index is -1.76. The van der Waals surface area contributed by atoms with Gasteiger partial charge in [-0.25, -0.2) is 9.59 Å². The Labute approximate surface area is 223 Å². The first-order valence-corrected chi connectivity index (χ1v) is 13.7. The number of hydrogen-bond donors (Lipinski definition) is 1. The van der Waals surface area contributed by atoms with Crippen LogP contribution in [0.25, 0.3) is 0 Å². The largest absolute Gasteiger partial charge is 0.465 e. The van der Waals surface area contributed by atoms with Crippen molar-refractivity contribution in [1.82, 2.24) is 0 Å². The highest BCUT2D eigenvalue weighted by Gasteiger charge is 2.73. The first-order valence-electron chi connectivity index (χ1n) is 13.7. The normalized spacial score (nSPS) is 45.7. The molecule has 2 bridgehead atoms. The van der Waals surface area contributed by atoms with E-state index in [0.29, 0.717) is 41.4 Å². The number of aliphatic hydroxyl groups excluding tert-OH is 1. The number of esters is 3. The lowest BCUT2D eigenvalue weighted by atomic mass is 9.44.